The summed E-state index contributed by atoms with van der Waals surface area (Å²) in [4.78, 5) is 0. The van der Waals surface area contributed by atoms with Gasteiger partial charge in [0.25, 0.3) is 5.97 Å². The molecule has 0 N–H and O–H groups in total. The molecular formula is C13H28O5Si. The van der Waals surface area contributed by atoms with Crippen LogP contribution in [0.4, 0.5) is 0 Å². The van der Waals surface area contributed by atoms with E-state index in [2.05, 4.69) is 13.8 Å². The van der Waals surface area contributed by atoms with Gasteiger partial charge in [-0.05, 0) is 18.4 Å². The van der Waals surface area contributed by atoms with E-state index < -0.39 is 15.7 Å². The van der Waals surface area contributed by atoms with Crippen LogP contribution in [0.1, 0.15) is 33.1 Å². The Labute approximate surface area is 118 Å². The Balaban J connectivity index is 2.11. The lowest BCUT2D eigenvalue weighted by atomic mass is 10.2. The molecule has 0 aromatic rings. The summed E-state index contributed by atoms with van der Waals surface area (Å²) >= 11 is 0. The fourth-order valence-electron chi connectivity index (χ4n) is 1.70. The van der Waals surface area contributed by atoms with Crippen molar-refractivity contribution in [2.24, 2.45) is 0 Å². The third kappa shape index (κ3) is 7.39. The Morgan fingerprint density at radius 3 is 2.47 bits per heavy atom. The standard InChI is InChI=1S/C13H28O5Si/c1-11(2)19-18-13(14-3,15-4)7-5-6-8-16-9-12-10-17-12/h11-12H,5-10,19H2,1-4H3. The Kier molecular flexibility index (Phi) is 8.13. The van der Waals surface area contributed by atoms with Crippen LogP contribution in [0.15, 0.2) is 0 Å². The largest absolute Gasteiger partial charge is 0.379 e. The number of ether oxygens (including phenoxy) is 4. The summed E-state index contributed by atoms with van der Waals surface area (Å²) in [7, 11) is 2.65. The molecule has 0 aliphatic carbocycles. The van der Waals surface area contributed by atoms with E-state index in [0.29, 0.717) is 11.6 Å². The maximum Gasteiger partial charge on any atom is 0.272 e. The highest BCUT2D eigenvalue weighted by molar-refractivity contribution is 6.29. The van der Waals surface area contributed by atoms with E-state index in [1.54, 1.807) is 14.2 Å². The molecule has 5 nitrogen and oxygen atoms in total. The van der Waals surface area contributed by atoms with Gasteiger partial charge in [-0.2, -0.15) is 0 Å². The van der Waals surface area contributed by atoms with Gasteiger partial charge in [-0.3, -0.25) is 0 Å². The molecule has 0 aromatic carbocycles. The zero-order valence-electron chi connectivity index (χ0n) is 12.6. The second-order valence-electron chi connectivity index (χ2n) is 5.28. The summed E-state index contributed by atoms with van der Waals surface area (Å²) < 4.78 is 27.3. The van der Waals surface area contributed by atoms with Crippen LogP contribution in [-0.4, -0.2) is 55.9 Å². The number of rotatable bonds is 12. The molecule has 1 heterocycles. The molecular weight excluding hydrogens is 264 g/mol. The zero-order valence-corrected chi connectivity index (χ0v) is 14.1. The molecule has 1 aliphatic heterocycles. The second kappa shape index (κ2) is 9.04. The van der Waals surface area contributed by atoms with Gasteiger partial charge >= 0.3 is 0 Å². The average molecular weight is 292 g/mol. The molecule has 0 spiro atoms. The number of unbranched alkanes of at least 4 members (excludes halogenated alkanes) is 1. The third-order valence-corrected chi connectivity index (χ3v) is 4.26. The molecule has 0 aromatic heterocycles. The molecule has 0 bridgehead atoms. The lowest BCUT2D eigenvalue weighted by molar-refractivity contribution is -0.327. The quantitative estimate of drug-likeness (QED) is 0.236. The van der Waals surface area contributed by atoms with Crippen LogP contribution < -0.4 is 0 Å². The number of epoxide rings is 1. The van der Waals surface area contributed by atoms with Crippen molar-refractivity contribution < 1.29 is 23.4 Å². The lowest BCUT2D eigenvalue weighted by Crippen LogP contribution is -2.39. The fraction of sp³-hybridized carbons (Fsp3) is 1.00. The van der Waals surface area contributed by atoms with Gasteiger partial charge in [-0.1, -0.05) is 13.8 Å². The molecule has 1 rings (SSSR count). The Morgan fingerprint density at radius 2 is 1.95 bits per heavy atom. The SMILES string of the molecule is COC(CCCCOCC1CO1)(OC)O[SiH2]C(C)C. The van der Waals surface area contributed by atoms with E-state index in [-0.39, 0.29) is 0 Å². The van der Waals surface area contributed by atoms with Crippen molar-refractivity contribution in [3.05, 3.63) is 0 Å². The van der Waals surface area contributed by atoms with Gasteiger partial charge in [0, 0.05) is 27.2 Å². The first-order valence-electron chi connectivity index (χ1n) is 7.05. The van der Waals surface area contributed by atoms with Crippen molar-refractivity contribution >= 4 is 9.76 Å². The predicted octanol–water partition coefficient (Wildman–Crippen LogP) is 1.45. The van der Waals surface area contributed by atoms with Gasteiger partial charge in [0.2, 0.25) is 0 Å². The van der Waals surface area contributed by atoms with Crippen LogP contribution >= 0.6 is 0 Å². The average Bonchev–Trinajstić information content (AvgIpc) is 3.21. The monoisotopic (exact) mass is 292 g/mol. The van der Waals surface area contributed by atoms with E-state index in [0.717, 1.165) is 39.1 Å². The minimum absolute atomic E-state index is 0.345. The van der Waals surface area contributed by atoms with Crippen molar-refractivity contribution in [3.8, 4) is 0 Å². The van der Waals surface area contributed by atoms with E-state index >= 15 is 0 Å². The molecule has 19 heavy (non-hydrogen) atoms. The summed E-state index contributed by atoms with van der Waals surface area (Å²) in [5.41, 5.74) is 0.589. The summed E-state index contributed by atoms with van der Waals surface area (Å²) in [6.45, 7) is 6.65. The second-order valence-corrected chi connectivity index (χ2v) is 7.54. The molecule has 0 saturated carbocycles. The number of hydrogen-bond acceptors (Lipinski definition) is 5. The maximum atomic E-state index is 5.88. The number of hydrogen-bond donors (Lipinski definition) is 0. The topological polar surface area (TPSA) is 49.5 Å². The van der Waals surface area contributed by atoms with Gasteiger partial charge in [-0.15, -0.1) is 0 Å². The highest BCUT2D eigenvalue weighted by Gasteiger charge is 2.30. The Hall–Kier alpha value is 0.0169. The molecule has 1 fully saturated rings. The summed E-state index contributed by atoms with van der Waals surface area (Å²) in [6.07, 6.45) is 3.02. The van der Waals surface area contributed by atoms with Crippen molar-refractivity contribution in [1.29, 1.82) is 0 Å². The summed E-state index contributed by atoms with van der Waals surface area (Å²) in [6, 6.07) is 0. The van der Waals surface area contributed by atoms with Crippen molar-refractivity contribution in [3.63, 3.8) is 0 Å². The highest BCUT2D eigenvalue weighted by atomic mass is 28.2. The van der Waals surface area contributed by atoms with Crippen LogP contribution in [-0.2, 0) is 23.4 Å². The minimum Gasteiger partial charge on any atom is -0.379 e. The lowest BCUT2D eigenvalue weighted by Gasteiger charge is -2.31. The van der Waals surface area contributed by atoms with Crippen molar-refractivity contribution in [1.82, 2.24) is 0 Å². The van der Waals surface area contributed by atoms with Crippen LogP contribution in [0, 0.1) is 0 Å². The first-order chi connectivity index (χ1) is 9.12. The van der Waals surface area contributed by atoms with Crippen LogP contribution in [0.2, 0.25) is 5.54 Å². The Morgan fingerprint density at radius 1 is 1.26 bits per heavy atom. The van der Waals surface area contributed by atoms with E-state index in [4.69, 9.17) is 23.4 Å². The van der Waals surface area contributed by atoms with Gasteiger partial charge in [-0.25, -0.2) is 0 Å². The minimum atomic E-state index is -0.851. The van der Waals surface area contributed by atoms with Gasteiger partial charge in [0.05, 0.1) is 13.2 Å². The van der Waals surface area contributed by atoms with Gasteiger partial charge < -0.3 is 23.4 Å². The molecule has 114 valence electrons. The molecule has 0 amide bonds. The first-order valence-corrected chi connectivity index (χ1v) is 8.45. The highest BCUT2D eigenvalue weighted by Crippen LogP contribution is 2.22. The van der Waals surface area contributed by atoms with Crippen LogP contribution in [0.5, 0.6) is 0 Å². The van der Waals surface area contributed by atoms with Gasteiger partial charge in [0.1, 0.15) is 6.10 Å². The molecule has 1 atom stereocenters. The molecule has 0 radical (unpaired) electrons. The molecule has 1 saturated heterocycles. The first kappa shape index (κ1) is 17.1. The van der Waals surface area contributed by atoms with Crippen LogP contribution in [0.25, 0.3) is 0 Å². The molecule has 6 heteroatoms. The smallest absolute Gasteiger partial charge is 0.272 e. The van der Waals surface area contributed by atoms with Gasteiger partial charge in [0.15, 0.2) is 9.76 Å². The predicted molar refractivity (Wildman–Crippen MR) is 75.9 cm³/mol. The van der Waals surface area contributed by atoms with E-state index in [1.807, 2.05) is 0 Å². The number of methoxy groups -OCH3 is 2. The van der Waals surface area contributed by atoms with Crippen LogP contribution in [0.3, 0.4) is 0 Å². The van der Waals surface area contributed by atoms with Crippen molar-refractivity contribution in [2.45, 2.75) is 50.7 Å². The zero-order chi connectivity index (χ0) is 14.1. The fourth-order valence-corrected chi connectivity index (χ4v) is 2.66. The Bertz CT molecular complexity index is 229. The third-order valence-electron chi connectivity index (χ3n) is 2.99. The molecule has 1 aliphatic rings. The van der Waals surface area contributed by atoms with E-state index in [1.165, 1.54) is 0 Å². The maximum absolute atomic E-state index is 5.88. The summed E-state index contributed by atoms with van der Waals surface area (Å²) in [5.74, 6) is -0.851. The molecule has 1 unspecified atom stereocenters. The van der Waals surface area contributed by atoms with Crippen molar-refractivity contribution in [2.75, 3.05) is 34.0 Å². The summed E-state index contributed by atoms with van der Waals surface area (Å²) in [5, 5.41) is 0. The normalized spacial score (nSPS) is 19.7. The van der Waals surface area contributed by atoms with E-state index in [9.17, 15) is 0 Å².